The summed E-state index contributed by atoms with van der Waals surface area (Å²) >= 11 is 0. The fourth-order valence-corrected chi connectivity index (χ4v) is 12.1. The standard InChI is InChI=1S/C15H22O2.C14H20O2.C11H18O2.C8H14O2.C6H10O3.C4H6O2.C3H4O2/c1-3-14(16)17-15(4-2)12-6-10-5-11(8-12)9-13(15)7-10;1-8(2)14(15)16-13-7-9-6-12(13)11-5-3-4-10(9)11;1-3-10(12)13-11(4-2)8-6-5-7-9-11;1-4-5-6-10-8(9)7(2)3;1-3-6(7)9-5-4-8-2;1-3(2)4(5)6;1-2-3(4)5/h3,10-13H,1,4-9H2,2H3;9-13H,1,3-7H2,2H3;3H,1,4-9H2,2H3;2,4-6H2,1,3H3;3H,1,4-5H2,2H3;1H2,2H3,(H,5,6);2H,1H2,(H,4,5). The molecule has 8 aliphatic rings. The Morgan fingerprint density at radius 3 is 1.51 bits per heavy atom. The molecule has 6 bridgehead atoms. The van der Waals surface area contributed by atoms with Crippen molar-refractivity contribution in [3.05, 3.63) is 87.1 Å². The highest BCUT2D eigenvalue weighted by atomic mass is 16.6. The van der Waals surface area contributed by atoms with E-state index in [-0.39, 0.29) is 46.8 Å². The summed E-state index contributed by atoms with van der Waals surface area (Å²) < 4.78 is 30.8. The summed E-state index contributed by atoms with van der Waals surface area (Å²) in [4.78, 5) is 74.1. The van der Waals surface area contributed by atoms with Gasteiger partial charge in [0, 0.05) is 48.1 Å². The van der Waals surface area contributed by atoms with Crippen LogP contribution in [-0.4, -0.2) is 96.2 Å². The van der Waals surface area contributed by atoms with Crippen molar-refractivity contribution in [2.24, 2.45) is 47.3 Å². The Labute approximate surface area is 454 Å². The molecule has 0 aromatic rings. The molecular weight excluding hydrogens is 973 g/mol. The van der Waals surface area contributed by atoms with Crippen molar-refractivity contribution in [3.63, 3.8) is 0 Å². The SMILES string of the molecule is C=C(C)C(=O)O.C=C(C)C(=O)OC1CC2CC1C1CCCC21.C=C(C)C(=O)OCCCC.C=CC(=O)O.C=CC(=O)OC1(CC)C2CC3CC(C2)CC1C3.C=CC(=O)OC1(CC)CCCCC1.C=CC(=O)OCCOC. The Balaban J connectivity index is 0.000000461. The molecule has 8 saturated carbocycles. The summed E-state index contributed by atoms with van der Waals surface area (Å²) in [6.45, 7) is 35.8. The maximum Gasteiger partial charge on any atom is 0.333 e. The Kier molecular flexibility index (Phi) is 32.2. The highest BCUT2D eigenvalue weighted by molar-refractivity contribution is 5.87. The molecule has 0 amide bonds. The Hall–Kier alpha value is -5.57. The molecule has 8 rings (SSSR count). The van der Waals surface area contributed by atoms with Gasteiger partial charge in [-0.2, -0.15) is 0 Å². The van der Waals surface area contributed by atoms with Crippen LogP contribution >= 0.6 is 0 Å². The van der Waals surface area contributed by atoms with Crippen LogP contribution in [0.3, 0.4) is 0 Å². The third-order valence-corrected chi connectivity index (χ3v) is 15.7. The van der Waals surface area contributed by atoms with Crippen LogP contribution < -0.4 is 0 Å². The Morgan fingerprint density at radius 1 is 0.566 bits per heavy atom. The van der Waals surface area contributed by atoms with E-state index in [1.54, 1.807) is 21.0 Å². The summed E-state index contributed by atoms with van der Waals surface area (Å²) in [7, 11) is 1.54. The van der Waals surface area contributed by atoms with Crippen LogP contribution in [0.5, 0.6) is 0 Å². The molecule has 15 heteroatoms. The average molecular weight is 1070 g/mol. The van der Waals surface area contributed by atoms with Gasteiger partial charge < -0.3 is 38.6 Å². The van der Waals surface area contributed by atoms with Gasteiger partial charge >= 0.3 is 41.8 Å². The van der Waals surface area contributed by atoms with Gasteiger partial charge in [0.15, 0.2) is 0 Å². The molecule has 0 aliphatic heterocycles. The summed E-state index contributed by atoms with van der Waals surface area (Å²) in [6, 6.07) is 0. The van der Waals surface area contributed by atoms with Crippen molar-refractivity contribution in [2.75, 3.05) is 26.9 Å². The van der Waals surface area contributed by atoms with Crippen molar-refractivity contribution in [3.8, 4) is 0 Å². The van der Waals surface area contributed by atoms with Gasteiger partial charge in [0.25, 0.3) is 0 Å². The van der Waals surface area contributed by atoms with Gasteiger partial charge in [0.1, 0.15) is 23.9 Å². The van der Waals surface area contributed by atoms with Gasteiger partial charge in [-0.3, -0.25) is 0 Å². The number of methoxy groups -OCH3 is 1. The van der Waals surface area contributed by atoms with Crippen molar-refractivity contribution in [1.82, 2.24) is 0 Å². The van der Waals surface area contributed by atoms with Gasteiger partial charge in [-0.1, -0.05) is 86.1 Å². The molecule has 0 spiro atoms. The smallest absolute Gasteiger partial charge is 0.333 e. The summed E-state index contributed by atoms with van der Waals surface area (Å²) in [5, 5.41) is 15.5. The molecule has 0 aromatic heterocycles. The summed E-state index contributed by atoms with van der Waals surface area (Å²) in [5.74, 6) is 3.11. The third kappa shape index (κ3) is 23.0. The molecule has 5 unspecified atom stereocenters. The van der Waals surface area contributed by atoms with Crippen LogP contribution in [0, 0.1) is 47.3 Å². The van der Waals surface area contributed by atoms with E-state index in [9.17, 15) is 33.6 Å². The fourth-order valence-electron chi connectivity index (χ4n) is 12.1. The molecule has 76 heavy (non-hydrogen) atoms. The largest absolute Gasteiger partial charge is 0.478 e. The molecule has 0 saturated heterocycles. The van der Waals surface area contributed by atoms with E-state index in [4.69, 9.17) is 29.2 Å². The molecule has 8 aliphatic carbocycles. The number of fused-ring (bicyclic) bond motifs is 5. The number of aliphatic carboxylic acids is 2. The molecule has 5 atom stereocenters. The number of esters is 5. The highest BCUT2D eigenvalue weighted by Gasteiger charge is 2.58. The topological polar surface area (TPSA) is 215 Å². The second-order valence-corrected chi connectivity index (χ2v) is 21.1. The molecule has 0 heterocycles. The van der Waals surface area contributed by atoms with E-state index < -0.39 is 17.9 Å². The quantitative estimate of drug-likeness (QED) is 0.0565. The lowest BCUT2D eigenvalue weighted by molar-refractivity contribution is -0.206. The van der Waals surface area contributed by atoms with Crippen molar-refractivity contribution in [2.45, 2.75) is 181 Å². The first-order chi connectivity index (χ1) is 36.0. The zero-order valence-electron chi connectivity index (χ0n) is 47.2. The Morgan fingerprint density at radius 2 is 1.08 bits per heavy atom. The number of ether oxygens (including phenoxy) is 6. The number of hydrogen-bond donors (Lipinski definition) is 2. The molecule has 15 nitrogen and oxygen atoms in total. The molecular formula is C61H94O15. The maximum atomic E-state index is 11.6. The minimum absolute atomic E-state index is 0.154. The van der Waals surface area contributed by atoms with Crippen molar-refractivity contribution >= 4 is 41.8 Å². The van der Waals surface area contributed by atoms with Gasteiger partial charge in [-0.15, -0.1) is 0 Å². The second-order valence-electron chi connectivity index (χ2n) is 21.1. The predicted octanol–water partition coefficient (Wildman–Crippen LogP) is 12.3. The van der Waals surface area contributed by atoms with E-state index in [1.807, 2.05) is 0 Å². The predicted molar refractivity (Wildman–Crippen MR) is 294 cm³/mol. The fraction of sp³-hybridized carbons (Fsp3) is 0.656. The number of carboxylic acid groups (broad SMARTS) is 2. The van der Waals surface area contributed by atoms with Gasteiger partial charge in [-0.05, 0) is 171 Å². The van der Waals surface area contributed by atoms with Crippen LogP contribution in [0.15, 0.2) is 87.1 Å². The zero-order chi connectivity index (χ0) is 57.6. The lowest BCUT2D eigenvalue weighted by atomic mass is 9.49. The summed E-state index contributed by atoms with van der Waals surface area (Å²) in [5.41, 5.74) is 0.847. The van der Waals surface area contributed by atoms with Crippen LogP contribution in [0.25, 0.3) is 0 Å². The first kappa shape index (κ1) is 68.4. The average Bonchev–Trinajstić information content (AvgIpc) is 4.14. The molecule has 428 valence electrons. The van der Waals surface area contributed by atoms with Crippen molar-refractivity contribution < 1.29 is 72.2 Å². The number of rotatable bonds is 18. The second kappa shape index (κ2) is 35.7. The van der Waals surface area contributed by atoms with Crippen LogP contribution in [0.2, 0.25) is 0 Å². The van der Waals surface area contributed by atoms with Gasteiger partial charge in [-0.25, -0.2) is 33.6 Å². The molecule has 2 N–H and O–H groups in total. The maximum absolute atomic E-state index is 11.6. The highest BCUT2D eigenvalue weighted by Crippen LogP contribution is 2.61. The monoisotopic (exact) mass is 1070 g/mol. The minimum atomic E-state index is -0.981. The first-order valence-electron chi connectivity index (χ1n) is 27.4. The van der Waals surface area contributed by atoms with E-state index in [0.29, 0.717) is 48.7 Å². The van der Waals surface area contributed by atoms with E-state index in [2.05, 4.69) is 76.3 Å². The molecule has 8 fully saturated rings. The van der Waals surface area contributed by atoms with Gasteiger partial charge in [0.05, 0.1) is 13.2 Å². The van der Waals surface area contributed by atoms with Crippen LogP contribution in [0.4, 0.5) is 0 Å². The number of carbonyl (C=O) groups excluding carboxylic acids is 5. The van der Waals surface area contributed by atoms with Crippen LogP contribution in [0.1, 0.15) is 164 Å². The van der Waals surface area contributed by atoms with Gasteiger partial charge in [0.2, 0.25) is 0 Å². The molecule has 0 aromatic carbocycles. The first-order valence-corrected chi connectivity index (χ1v) is 27.4. The van der Waals surface area contributed by atoms with E-state index >= 15 is 0 Å². The third-order valence-electron chi connectivity index (χ3n) is 15.7. The van der Waals surface area contributed by atoms with Crippen LogP contribution in [-0.2, 0) is 62.0 Å². The van der Waals surface area contributed by atoms with E-state index in [1.165, 1.54) is 96.1 Å². The lowest BCUT2D eigenvalue weighted by Crippen LogP contribution is -2.59. The number of unbranched alkanes of at least 4 members (excludes halogenated alkanes) is 1. The summed E-state index contributed by atoms with van der Waals surface area (Å²) in [6.07, 6.45) is 27.4. The number of hydrogen-bond acceptors (Lipinski definition) is 13. The Bertz CT molecular complexity index is 1930. The minimum Gasteiger partial charge on any atom is -0.478 e. The van der Waals surface area contributed by atoms with Crippen molar-refractivity contribution in [1.29, 1.82) is 0 Å². The zero-order valence-corrected chi connectivity index (χ0v) is 47.2. The number of carbonyl (C=O) groups is 7. The molecule has 0 radical (unpaired) electrons. The lowest BCUT2D eigenvalue weighted by Gasteiger charge is -2.60. The normalized spacial score (nSPS) is 26.6. The van der Waals surface area contributed by atoms with E-state index in [0.717, 1.165) is 86.7 Å². The number of carboxylic acids is 2.